The molecule has 0 saturated carbocycles. The average Bonchev–Trinajstić information content (AvgIpc) is 3.59. The van der Waals surface area contributed by atoms with E-state index in [0.29, 0.717) is 17.5 Å². The molecule has 9 aromatic rings. The molecule has 0 fully saturated rings. The lowest BCUT2D eigenvalue weighted by molar-refractivity contribution is 0.769. The van der Waals surface area contributed by atoms with Gasteiger partial charge in [-0.25, -0.2) is 15.0 Å². The molecule has 59 heavy (non-hydrogen) atoms. The van der Waals surface area contributed by atoms with Gasteiger partial charge in [0, 0.05) is 16.7 Å². The lowest BCUT2D eigenvalue weighted by Crippen LogP contribution is -2.39. The Hall–Kier alpha value is -7.01. The number of rotatable bonds is 8. The molecule has 0 N–H and O–H groups in total. The van der Waals surface area contributed by atoms with Crippen molar-refractivity contribution in [2.24, 2.45) is 0 Å². The molecule has 0 aliphatic heterocycles. The Balaban J connectivity index is 1.09. The summed E-state index contributed by atoms with van der Waals surface area (Å²) in [6.45, 7) is 7.33. The van der Waals surface area contributed by atoms with Gasteiger partial charge in [0.1, 0.15) is 0 Å². The van der Waals surface area contributed by atoms with Crippen molar-refractivity contribution < 1.29 is 0 Å². The third-order valence-corrected chi connectivity index (χ3v) is 13.8. The van der Waals surface area contributed by atoms with Gasteiger partial charge in [0.25, 0.3) is 0 Å². The number of fused-ring (bicyclic) bond motifs is 3. The van der Waals surface area contributed by atoms with Crippen molar-refractivity contribution in [2.75, 3.05) is 0 Å². The summed E-state index contributed by atoms with van der Waals surface area (Å²) < 4.78 is 0. The first-order valence-electron chi connectivity index (χ1n) is 20.4. The molecule has 1 aliphatic rings. The van der Waals surface area contributed by atoms with Crippen LogP contribution in [0, 0.1) is 0 Å². The van der Waals surface area contributed by atoms with Gasteiger partial charge < -0.3 is 0 Å². The van der Waals surface area contributed by atoms with Gasteiger partial charge in [0.05, 0.1) is 13.5 Å². The normalized spacial score (nSPS) is 12.8. The first-order valence-corrected chi connectivity index (χ1v) is 23.9. The van der Waals surface area contributed by atoms with E-state index in [4.69, 9.17) is 15.0 Å². The Morgan fingerprint density at radius 3 is 1.19 bits per heavy atom. The summed E-state index contributed by atoms with van der Waals surface area (Å²) in [6, 6.07) is 74.4. The fraction of sp³-hybridized carbons (Fsp3) is 0.0727. The van der Waals surface area contributed by atoms with Gasteiger partial charge in [-0.3, -0.25) is 0 Å². The van der Waals surface area contributed by atoms with Crippen LogP contribution < -0.4 is 5.19 Å². The standard InChI is InChI=1S/C55H43N3Si/c1-59(2,3)47-31-33-49-48-32-30-43(36-50(48)55(51(49)37-47,45-26-12-6-13-27-45)46-28-14-7-15-29-46)41-23-16-22-40(34-41)42-24-17-25-44(35-42)54-57-52(38-18-8-4-9-19-38)56-53(58-54)39-20-10-5-11-21-39/h4-37H,1-3H3. The van der Waals surface area contributed by atoms with Crippen LogP contribution in [0.4, 0.5) is 0 Å². The van der Waals surface area contributed by atoms with Gasteiger partial charge in [-0.1, -0.05) is 213 Å². The van der Waals surface area contributed by atoms with Crippen molar-refractivity contribution in [1.82, 2.24) is 15.0 Å². The zero-order chi connectivity index (χ0) is 40.0. The minimum Gasteiger partial charge on any atom is -0.208 e. The fourth-order valence-corrected chi connectivity index (χ4v) is 9.95. The second-order valence-electron chi connectivity index (χ2n) is 16.5. The van der Waals surface area contributed by atoms with Crippen LogP contribution in [0.3, 0.4) is 0 Å². The Kier molecular flexibility index (Phi) is 9.07. The van der Waals surface area contributed by atoms with Crippen molar-refractivity contribution in [3.8, 4) is 67.5 Å². The summed E-state index contributed by atoms with van der Waals surface area (Å²) in [6.07, 6.45) is 0. The molecule has 0 radical (unpaired) electrons. The van der Waals surface area contributed by atoms with Crippen LogP contribution in [0.15, 0.2) is 206 Å². The maximum atomic E-state index is 5.01. The van der Waals surface area contributed by atoms with Crippen LogP contribution in [0.1, 0.15) is 22.3 Å². The van der Waals surface area contributed by atoms with Crippen LogP contribution in [-0.2, 0) is 5.41 Å². The second kappa shape index (κ2) is 14.7. The van der Waals surface area contributed by atoms with Gasteiger partial charge >= 0.3 is 0 Å². The molecule has 1 heterocycles. The maximum Gasteiger partial charge on any atom is 0.164 e. The third-order valence-electron chi connectivity index (χ3n) is 11.8. The van der Waals surface area contributed by atoms with E-state index in [-0.39, 0.29) is 0 Å². The lowest BCUT2D eigenvalue weighted by atomic mass is 9.67. The van der Waals surface area contributed by atoms with E-state index in [1.54, 1.807) is 0 Å². The van der Waals surface area contributed by atoms with E-state index in [0.717, 1.165) is 27.8 Å². The van der Waals surface area contributed by atoms with E-state index in [1.165, 1.54) is 49.7 Å². The third kappa shape index (κ3) is 6.52. The summed E-state index contributed by atoms with van der Waals surface area (Å²) in [4.78, 5) is 14.9. The Morgan fingerprint density at radius 2 is 0.695 bits per heavy atom. The first kappa shape index (κ1) is 36.3. The maximum absolute atomic E-state index is 5.01. The molecule has 1 aliphatic carbocycles. The Labute approximate surface area is 347 Å². The summed E-state index contributed by atoms with van der Waals surface area (Å²) in [5.41, 5.74) is 14.8. The van der Waals surface area contributed by atoms with Crippen molar-refractivity contribution in [1.29, 1.82) is 0 Å². The average molecular weight is 774 g/mol. The lowest BCUT2D eigenvalue weighted by Gasteiger charge is -2.35. The van der Waals surface area contributed by atoms with Crippen LogP contribution in [0.2, 0.25) is 19.6 Å². The van der Waals surface area contributed by atoms with E-state index in [2.05, 4.69) is 165 Å². The van der Waals surface area contributed by atoms with E-state index in [1.807, 2.05) is 60.7 Å². The topological polar surface area (TPSA) is 38.7 Å². The highest BCUT2D eigenvalue weighted by Crippen LogP contribution is 2.56. The van der Waals surface area contributed by atoms with Gasteiger partial charge in [-0.15, -0.1) is 0 Å². The Bertz CT molecular complexity index is 2860. The number of benzene rings is 8. The highest BCUT2D eigenvalue weighted by molar-refractivity contribution is 6.88. The smallest absolute Gasteiger partial charge is 0.164 e. The summed E-state index contributed by atoms with van der Waals surface area (Å²) in [5.74, 6) is 1.95. The number of aromatic nitrogens is 3. The van der Waals surface area contributed by atoms with E-state index < -0.39 is 13.5 Å². The van der Waals surface area contributed by atoms with Gasteiger partial charge in [-0.2, -0.15) is 0 Å². The number of nitrogens with zero attached hydrogens (tertiary/aromatic N) is 3. The van der Waals surface area contributed by atoms with Crippen molar-refractivity contribution >= 4 is 13.3 Å². The molecule has 4 heteroatoms. The largest absolute Gasteiger partial charge is 0.208 e. The molecule has 10 rings (SSSR count). The molecular weight excluding hydrogens is 731 g/mol. The molecule has 0 saturated heterocycles. The van der Waals surface area contributed by atoms with Gasteiger partial charge in [0.15, 0.2) is 17.5 Å². The zero-order valence-corrected chi connectivity index (χ0v) is 34.5. The van der Waals surface area contributed by atoms with E-state index in [9.17, 15) is 0 Å². The minimum atomic E-state index is -1.62. The molecule has 282 valence electrons. The van der Waals surface area contributed by atoms with Crippen molar-refractivity contribution in [3.63, 3.8) is 0 Å². The molecule has 3 nitrogen and oxygen atoms in total. The van der Waals surface area contributed by atoms with Crippen LogP contribution in [0.25, 0.3) is 67.5 Å². The molecule has 1 aromatic heterocycles. The highest BCUT2D eigenvalue weighted by Gasteiger charge is 2.46. The molecule has 8 aromatic carbocycles. The van der Waals surface area contributed by atoms with Crippen LogP contribution in [-0.4, -0.2) is 23.0 Å². The molecular formula is C55H43N3Si. The van der Waals surface area contributed by atoms with E-state index >= 15 is 0 Å². The van der Waals surface area contributed by atoms with Gasteiger partial charge in [0.2, 0.25) is 0 Å². The number of hydrogen-bond donors (Lipinski definition) is 0. The predicted molar refractivity (Wildman–Crippen MR) is 247 cm³/mol. The molecule has 0 unspecified atom stereocenters. The highest BCUT2D eigenvalue weighted by atomic mass is 28.3. The van der Waals surface area contributed by atoms with Crippen LogP contribution >= 0.6 is 0 Å². The predicted octanol–water partition coefficient (Wildman–Crippen LogP) is 13.1. The first-order chi connectivity index (χ1) is 28.9. The SMILES string of the molecule is C[Si](C)(C)c1ccc2c(c1)C(c1ccccc1)(c1ccccc1)c1cc(-c3cccc(-c4cccc(-c5nc(-c6ccccc6)nc(-c6ccccc6)n5)c4)c3)ccc1-2. The molecule has 0 atom stereocenters. The summed E-state index contributed by atoms with van der Waals surface area (Å²) in [5, 5.41) is 1.47. The monoisotopic (exact) mass is 773 g/mol. The summed E-state index contributed by atoms with van der Waals surface area (Å²) >= 11 is 0. The molecule has 0 spiro atoms. The van der Waals surface area contributed by atoms with Crippen LogP contribution in [0.5, 0.6) is 0 Å². The fourth-order valence-electron chi connectivity index (χ4n) is 8.79. The molecule has 0 amide bonds. The summed E-state index contributed by atoms with van der Waals surface area (Å²) in [7, 11) is -1.62. The minimum absolute atomic E-state index is 0.466. The Morgan fingerprint density at radius 1 is 0.322 bits per heavy atom. The van der Waals surface area contributed by atoms with Crippen molar-refractivity contribution in [2.45, 2.75) is 25.1 Å². The second-order valence-corrected chi connectivity index (χ2v) is 21.5. The quantitative estimate of drug-likeness (QED) is 0.144. The zero-order valence-electron chi connectivity index (χ0n) is 33.5. The van der Waals surface area contributed by atoms with Crippen molar-refractivity contribution in [3.05, 3.63) is 229 Å². The number of hydrogen-bond acceptors (Lipinski definition) is 3. The van der Waals surface area contributed by atoms with Gasteiger partial charge in [-0.05, 0) is 73.8 Å². The molecule has 0 bridgehead atoms.